The van der Waals surface area contributed by atoms with Crippen molar-refractivity contribution in [3.8, 4) is 0 Å². The number of sulfonamides is 1. The smallest absolute Gasteiger partial charge is 0.327 e. The molecule has 0 saturated carbocycles. The maximum Gasteiger partial charge on any atom is 0.327 e. The summed E-state index contributed by atoms with van der Waals surface area (Å²) in [5.41, 5.74) is 10.5. The van der Waals surface area contributed by atoms with Crippen molar-refractivity contribution < 1.29 is 29.3 Å². The number of aliphatic hydroxyl groups is 1. The minimum absolute atomic E-state index is 0.0338. The van der Waals surface area contributed by atoms with E-state index in [1.54, 1.807) is 0 Å². The first-order valence-electron chi connectivity index (χ1n) is 10.4. The van der Waals surface area contributed by atoms with Gasteiger partial charge < -0.3 is 26.3 Å². The Morgan fingerprint density at radius 2 is 2.06 bits per heavy atom. The normalized spacial score (nSPS) is 15.7. The van der Waals surface area contributed by atoms with E-state index in [-0.39, 0.29) is 31.4 Å². The van der Waals surface area contributed by atoms with E-state index in [2.05, 4.69) is 4.99 Å². The van der Waals surface area contributed by atoms with Gasteiger partial charge in [-0.15, -0.1) is 0 Å². The summed E-state index contributed by atoms with van der Waals surface area (Å²) in [6, 6.07) is 1.26. The number of likely N-dealkylation sites (tertiary alicyclic amines) is 1. The van der Waals surface area contributed by atoms with Crippen LogP contribution in [0.15, 0.2) is 40.2 Å². The zero-order chi connectivity index (χ0) is 24.6. The van der Waals surface area contributed by atoms with E-state index in [0.29, 0.717) is 24.3 Å². The molecule has 1 aromatic rings. The van der Waals surface area contributed by atoms with Gasteiger partial charge in [-0.1, -0.05) is 18.2 Å². The van der Waals surface area contributed by atoms with Crippen LogP contribution in [0.1, 0.15) is 20.6 Å². The number of amides is 3. The Kier molecular flexibility index (Phi) is 8.53. The summed E-state index contributed by atoms with van der Waals surface area (Å²) in [6.45, 7) is -0.0571. The van der Waals surface area contributed by atoms with E-state index in [1.807, 2.05) is 4.72 Å². The summed E-state index contributed by atoms with van der Waals surface area (Å²) in [5, 5.41) is 9.77. The van der Waals surface area contributed by atoms with Crippen LogP contribution in [0.3, 0.4) is 0 Å². The van der Waals surface area contributed by atoms with Crippen LogP contribution >= 0.6 is 0 Å². The number of aldehydes is 1. The van der Waals surface area contributed by atoms with Crippen LogP contribution in [-0.4, -0.2) is 85.8 Å². The van der Waals surface area contributed by atoms with Gasteiger partial charge in [0.25, 0.3) is 5.91 Å². The zero-order valence-corrected chi connectivity index (χ0v) is 18.2. The summed E-state index contributed by atoms with van der Waals surface area (Å²) in [6.07, 6.45) is 1.43. The van der Waals surface area contributed by atoms with E-state index in [9.17, 15) is 27.9 Å². The van der Waals surface area contributed by atoms with Crippen LogP contribution in [0.25, 0.3) is 0 Å². The molecule has 12 nitrogen and oxygen atoms in total. The highest BCUT2D eigenvalue weighted by molar-refractivity contribution is 7.89. The number of nitrogens with zero attached hydrogens (tertiary/aromatic N) is 3. The first-order chi connectivity index (χ1) is 15.6. The van der Waals surface area contributed by atoms with Gasteiger partial charge in [0.2, 0.25) is 10.0 Å². The van der Waals surface area contributed by atoms with Gasteiger partial charge in [0, 0.05) is 19.6 Å². The molecule has 0 unspecified atom stereocenters. The molecule has 1 aliphatic rings. The molecule has 2 atom stereocenters. The lowest BCUT2D eigenvalue weighted by Crippen LogP contribution is -2.60. The Morgan fingerprint density at radius 3 is 2.59 bits per heavy atom. The third kappa shape index (κ3) is 6.48. The van der Waals surface area contributed by atoms with Gasteiger partial charge in [-0.2, -0.15) is 4.72 Å². The van der Waals surface area contributed by atoms with Gasteiger partial charge in [-0.25, -0.2) is 13.2 Å². The van der Waals surface area contributed by atoms with Crippen molar-refractivity contribution in [2.45, 2.75) is 36.2 Å². The number of carbonyl (C=O) groups is 3. The number of benzene rings is 1. The molecule has 6 N–H and O–H groups in total. The van der Waals surface area contributed by atoms with Crippen molar-refractivity contribution in [1.82, 2.24) is 14.5 Å². The first kappa shape index (κ1) is 23.6. The molecule has 0 aromatic heterocycles. The molecule has 0 bridgehead atoms. The van der Waals surface area contributed by atoms with Crippen LogP contribution in [0.5, 0.6) is 0 Å². The molecular formula is C19H28N6O6S. The van der Waals surface area contributed by atoms with Crippen LogP contribution in [0, 0.1) is 0 Å². The number of imide groups is 1. The monoisotopic (exact) mass is 469 g/mol. The second kappa shape index (κ2) is 11.5. The molecule has 1 fully saturated rings. The molecule has 0 radical (unpaired) electrons. The van der Waals surface area contributed by atoms with Crippen LogP contribution in [0.2, 0.25) is 0 Å². The molecule has 1 saturated heterocycles. The highest BCUT2D eigenvalue weighted by Crippen LogP contribution is 2.17. The largest absolute Gasteiger partial charge is 0.394 e. The second-order valence-electron chi connectivity index (χ2n) is 7.07. The molecule has 1 aliphatic heterocycles. The molecular weight excluding hydrogens is 440 g/mol. The van der Waals surface area contributed by atoms with E-state index in [1.165, 1.54) is 29.2 Å². The predicted molar refractivity (Wildman–Crippen MR) is 116 cm³/mol. The average molecular weight is 470 g/mol. The summed E-state index contributed by atoms with van der Waals surface area (Å²) >= 11 is 0. The van der Waals surface area contributed by atoms with Crippen molar-refractivity contribution in [1.29, 1.82) is 0 Å². The van der Waals surface area contributed by atoms with Crippen LogP contribution in [0.4, 0.5) is 4.79 Å². The van der Waals surface area contributed by atoms with Crippen molar-refractivity contribution >= 4 is 34.2 Å². The predicted octanol–water partition coefficient (Wildman–Crippen LogP) is -1.40. The Hall–Kier alpha value is -3.03. The first-order valence-corrected chi connectivity index (χ1v) is 11.4. The Morgan fingerprint density at radius 1 is 1.34 bits per heavy atom. The average Bonchev–Trinajstić information content (AvgIpc) is 2.72. The molecule has 3 amide bonds. The summed E-state index contributed by atoms with van der Waals surface area (Å²) < 4.78 is 35.3. The van der Waals surface area contributed by atoms with Gasteiger partial charge >= 0.3 is 6.03 Å². The number of hydrogen-bond acceptors (Lipinski definition) is 7. The SMILES string of the molecule is [2H]c1ccccc1S(=O)(=O)N[C@@H](CO)C(=O)N(C(=O)N1CCC1)[C@H](C=O)CCCN=C(N)N. The van der Waals surface area contributed by atoms with Gasteiger partial charge in [-0.05, 0) is 31.4 Å². The van der Waals surface area contributed by atoms with E-state index in [0.717, 1.165) is 6.42 Å². The van der Waals surface area contributed by atoms with Crippen molar-refractivity contribution in [3.05, 3.63) is 30.3 Å². The fourth-order valence-corrected chi connectivity index (χ4v) is 4.11. The highest BCUT2D eigenvalue weighted by atomic mass is 32.2. The van der Waals surface area contributed by atoms with Crippen molar-refractivity contribution in [2.75, 3.05) is 26.2 Å². The number of urea groups is 1. The number of carbonyl (C=O) groups excluding carboxylic acids is 3. The van der Waals surface area contributed by atoms with E-state index < -0.39 is 45.5 Å². The minimum Gasteiger partial charge on any atom is -0.394 e. The number of nitrogens with one attached hydrogen (secondary N) is 1. The third-order valence-corrected chi connectivity index (χ3v) is 6.19. The van der Waals surface area contributed by atoms with Crippen LogP contribution in [-0.2, 0) is 19.6 Å². The fraction of sp³-hybridized carbons (Fsp3) is 0.474. The molecule has 2 rings (SSSR count). The maximum absolute atomic E-state index is 13.2. The van der Waals surface area contributed by atoms with Crippen LogP contribution < -0.4 is 16.2 Å². The molecule has 1 heterocycles. The Balaban J connectivity index is 2.28. The Bertz CT molecular complexity index is 996. The summed E-state index contributed by atoms with van der Waals surface area (Å²) in [7, 11) is -4.38. The van der Waals surface area contributed by atoms with Crippen molar-refractivity contribution in [2.24, 2.45) is 16.5 Å². The number of rotatable bonds is 11. The maximum atomic E-state index is 13.2. The van der Waals surface area contributed by atoms with Gasteiger partial charge in [0.15, 0.2) is 5.96 Å². The number of aliphatic imine (C=N–C) groups is 1. The third-order valence-electron chi connectivity index (χ3n) is 4.76. The summed E-state index contributed by atoms with van der Waals surface area (Å²) in [5.74, 6) is -1.23. The number of aliphatic hydroxyl groups excluding tert-OH is 1. The topological polar surface area (TPSA) is 188 Å². The number of nitrogens with two attached hydrogens (primary N) is 2. The second-order valence-corrected chi connectivity index (χ2v) is 8.75. The van der Waals surface area contributed by atoms with Gasteiger partial charge in [-0.3, -0.25) is 14.7 Å². The van der Waals surface area contributed by atoms with Crippen molar-refractivity contribution in [3.63, 3.8) is 0 Å². The lowest BCUT2D eigenvalue weighted by Gasteiger charge is -2.38. The lowest BCUT2D eigenvalue weighted by molar-refractivity contribution is -0.136. The standard InChI is InChI=1S/C19H28N6O6S/c20-18(21)22-9-4-6-14(12-26)25(19(29)24-10-5-11-24)17(28)16(13-27)23-32(30,31)15-7-2-1-3-8-15/h1-3,7-8,12,14,16,23,27H,4-6,9-11,13H2,(H4,20,21,22)/t14-,16-/m0/s1/i7D. The molecule has 32 heavy (non-hydrogen) atoms. The van der Waals surface area contributed by atoms with E-state index >= 15 is 0 Å². The molecule has 0 aliphatic carbocycles. The minimum atomic E-state index is -4.38. The lowest BCUT2D eigenvalue weighted by atomic mass is 10.1. The fourth-order valence-electron chi connectivity index (χ4n) is 2.95. The molecule has 13 heteroatoms. The summed E-state index contributed by atoms with van der Waals surface area (Å²) in [4.78, 5) is 43.3. The Labute approximate surface area is 187 Å². The number of hydrogen-bond donors (Lipinski definition) is 4. The van der Waals surface area contributed by atoms with Gasteiger partial charge in [0.05, 0.1) is 18.9 Å². The molecule has 1 aromatic carbocycles. The molecule has 176 valence electrons. The van der Waals surface area contributed by atoms with E-state index in [4.69, 9.17) is 12.8 Å². The zero-order valence-electron chi connectivity index (χ0n) is 18.4. The quantitative estimate of drug-likeness (QED) is 0.132. The number of guanidine groups is 1. The molecule has 0 spiro atoms. The van der Waals surface area contributed by atoms with Gasteiger partial charge in [0.1, 0.15) is 12.3 Å². The highest BCUT2D eigenvalue weighted by Gasteiger charge is 2.39.